The first-order valence-corrected chi connectivity index (χ1v) is 11.3. The van der Waals surface area contributed by atoms with Gasteiger partial charge >= 0.3 is 5.97 Å². The minimum atomic E-state index is -4.01. The largest absolute Gasteiger partial charge is 0.495 e. The third-order valence-corrected chi connectivity index (χ3v) is 7.26. The van der Waals surface area contributed by atoms with E-state index in [1.807, 2.05) is 0 Å². The number of rotatable bonds is 6. The molecule has 0 aliphatic heterocycles. The zero-order chi connectivity index (χ0) is 21.2. The van der Waals surface area contributed by atoms with Crippen molar-refractivity contribution >= 4 is 43.9 Å². The van der Waals surface area contributed by atoms with E-state index in [0.29, 0.717) is 12.2 Å². The summed E-state index contributed by atoms with van der Waals surface area (Å²) in [7, 11) is -1.32. The summed E-state index contributed by atoms with van der Waals surface area (Å²) in [6.45, 7) is 1.32. The van der Waals surface area contributed by atoms with Gasteiger partial charge in [0.2, 0.25) is 5.91 Å². The maximum Gasteiger partial charge on any atom is 0.341 e. The van der Waals surface area contributed by atoms with Gasteiger partial charge < -0.3 is 14.8 Å². The Balaban J connectivity index is 2.01. The number of methoxy groups -OCH3 is 2. The molecule has 0 bridgehead atoms. The Bertz CT molecular complexity index is 1060. The number of carbonyl (C=O) groups excluding carboxylic acids is 2. The molecule has 10 heteroatoms. The number of hydrogen-bond donors (Lipinski definition) is 2. The lowest BCUT2D eigenvalue weighted by atomic mass is 9.95. The van der Waals surface area contributed by atoms with Crippen molar-refractivity contribution in [3.8, 4) is 5.75 Å². The van der Waals surface area contributed by atoms with E-state index < -0.39 is 16.0 Å². The zero-order valence-electron chi connectivity index (χ0n) is 16.3. The van der Waals surface area contributed by atoms with E-state index in [1.54, 1.807) is 0 Å². The van der Waals surface area contributed by atoms with Crippen molar-refractivity contribution in [2.75, 3.05) is 24.3 Å². The summed E-state index contributed by atoms with van der Waals surface area (Å²) < 4.78 is 38.6. The van der Waals surface area contributed by atoms with Gasteiger partial charge in [-0.25, -0.2) is 13.2 Å². The molecule has 0 spiro atoms. The number of ether oxygens (including phenoxy) is 2. The average molecular weight is 439 g/mol. The van der Waals surface area contributed by atoms with E-state index in [0.717, 1.165) is 29.7 Å². The summed E-state index contributed by atoms with van der Waals surface area (Å²) in [5, 5.41) is 2.80. The number of amides is 1. The lowest BCUT2D eigenvalue weighted by Gasteiger charge is -2.13. The molecule has 29 heavy (non-hydrogen) atoms. The van der Waals surface area contributed by atoms with Crippen LogP contribution in [0.2, 0.25) is 0 Å². The second-order valence-electron chi connectivity index (χ2n) is 6.56. The van der Waals surface area contributed by atoms with Gasteiger partial charge in [0.15, 0.2) is 0 Å². The molecule has 1 aromatic heterocycles. The Morgan fingerprint density at radius 2 is 1.86 bits per heavy atom. The van der Waals surface area contributed by atoms with E-state index in [9.17, 15) is 18.0 Å². The van der Waals surface area contributed by atoms with Gasteiger partial charge in [0, 0.05) is 11.8 Å². The monoisotopic (exact) mass is 438 g/mol. The molecule has 1 aromatic carbocycles. The van der Waals surface area contributed by atoms with Crippen LogP contribution < -0.4 is 14.8 Å². The molecule has 0 fully saturated rings. The summed E-state index contributed by atoms with van der Waals surface area (Å²) in [5.74, 6) is -0.582. The number of thiophene rings is 1. The van der Waals surface area contributed by atoms with Crippen molar-refractivity contribution in [2.45, 2.75) is 37.5 Å². The number of sulfonamides is 1. The van der Waals surface area contributed by atoms with Crippen LogP contribution in [0.4, 0.5) is 10.7 Å². The Labute approximate surface area is 173 Å². The number of nitrogens with one attached hydrogen (secondary N) is 2. The molecule has 8 nitrogen and oxygen atoms in total. The molecule has 2 aromatic rings. The number of benzene rings is 1. The van der Waals surface area contributed by atoms with Crippen LogP contribution in [0.1, 0.15) is 40.6 Å². The Morgan fingerprint density at radius 3 is 2.52 bits per heavy atom. The number of hydrogen-bond acceptors (Lipinski definition) is 7. The van der Waals surface area contributed by atoms with Gasteiger partial charge in [-0.1, -0.05) is 0 Å². The van der Waals surface area contributed by atoms with Crippen molar-refractivity contribution in [1.29, 1.82) is 0 Å². The fourth-order valence-corrected chi connectivity index (χ4v) is 5.89. The highest BCUT2D eigenvalue weighted by molar-refractivity contribution is 7.93. The number of carbonyl (C=O) groups is 2. The summed E-state index contributed by atoms with van der Waals surface area (Å²) in [5.41, 5.74) is 1.38. The molecular formula is C19H22N2O6S2. The summed E-state index contributed by atoms with van der Waals surface area (Å²) >= 11 is 1.26. The topological polar surface area (TPSA) is 111 Å². The van der Waals surface area contributed by atoms with Crippen LogP contribution in [0.3, 0.4) is 0 Å². The van der Waals surface area contributed by atoms with Crippen molar-refractivity contribution in [3.05, 3.63) is 34.2 Å². The van der Waals surface area contributed by atoms with Gasteiger partial charge in [0.25, 0.3) is 10.0 Å². The van der Waals surface area contributed by atoms with Crippen LogP contribution in [0.15, 0.2) is 23.1 Å². The molecule has 0 saturated carbocycles. The molecule has 2 N–H and O–H groups in total. The molecule has 3 rings (SSSR count). The highest BCUT2D eigenvalue weighted by atomic mass is 32.2. The van der Waals surface area contributed by atoms with Gasteiger partial charge in [0.1, 0.15) is 10.8 Å². The number of fused-ring (bicyclic) bond motifs is 1. The number of anilines is 2. The molecule has 0 unspecified atom stereocenters. The van der Waals surface area contributed by atoms with E-state index >= 15 is 0 Å². The molecule has 156 valence electrons. The Morgan fingerprint density at radius 1 is 1.14 bits per heavy atom. The van der Waals surface area contributed by atoms with Crippen molar-refractivity contribution < 1.29 is 27.5 Å². The second-order valence-corrected chi connectivity index (χ2v) is 9.34. The fraction of sp³-hybridized carbons (Fsp3) is 0.368. The number of aryl methyl sites for hydroxylation is 1. The standard InChI is InChI=1S/C19H22N2O6S2/c1-11(22)20-14-10-12(8-9-15(14)26-2)29(24,25)21-18-17(19(23)27-3)13-6-4-5-7-16(13)28-18/h8-10,21H,4-7H2,1-3H3,(H,20,22). The Kier molecular flexibility index (Phi) is 6.13. The Hall–Kier alpha value is -2.59. The van der Waals surface area contributed by atoms with Crippen LogP contribution in [0.25, 0.3) is 0 Å². The summed E-state index contributed by atoms with van der Waals surface area (Å²) in [4.78, 5) is 24.7. The minimum absolute atomic E-state index is 0.0655. The SMILES string of the molecule is COC(=O)c1c(NS(=O)(=O)c2ccc(OC)c(NC(C)=O)c2)sc2c1CCCC2. The fourth-order valence-electron chi connectivity index (χ4n) is 3.28. The second kappa shape index (κ2) is 8.42. The summed E-state index contributed by atoms with van der Waals surface area (Å²) in [6.07, 6.45) is 3.46. The van der Waals surface area contributed by atoms with Crippen LogP contribution in [0, 0.1) is 0 Å². The lowest BCUT2D eigenvalue weighted by Crippen LogP contribution is -2.16. The molecule has 1 aliphatic rings. The maximum absolute atomic E-state index is 13.0. The normalized spacial score (nSPS) is 13.3. The predicted molar refractivity (Wildman–Crippen MR) is 110 cm³/mol. The molecule has 1 aliphatic carbocycles. The van der Waals surface area contributed by atoms with Crippen molar-refractivity contribution in [2.24, 2.45) is 0 Å². The summed E-state index contributed by atoms with van der Waals surface area (Å²) in [6, 6.07) is 4.15. The van der Waals surface area contributed by atoms with Crippen molar-refractivity contribution in [3.63, 3.8) is 0 Å². The van der Waals surface area contributed by atoms with Gasteiger partial charge in [-0.15, -0.1) is 11.3 Å². The van der Waals surface area contributed by atoms with Gasteiger partial charge in [-0.2, -0.15) is 0 Å². The molecule has 1 heterocycles. The quantitative estimate of drug-likeness (QED) is 0.670. The first-order valence-electron chi connectivity index (χ1n) is 8.98. The smallest absolute Gasteiger partial charge is 0.341 e. The lowest BCUT2D eigenvalue weighted by molar-refractivity contribution is -0.114. The molecule has 1 amide bonds. The van der Waals surface area contributed by atoms with Gasteiger partial charge in [-0.05, 0) is 49.4 Å². The third kappa shape index (κ3) is 4.38. The van der Waals surface area contributed by atoms with Gasteiger partial charge in [0.05, 0.1) is 30.4 Å². The van der Waals surface area contributed by atoms with Crippen LogP contribution >= 0.6 is 11.3 Å². The van der Waals surface area contributed by atoms with Crippen LogP contribution in [-0.2, 0) is 32.4 Å². The maximum atomic E-state index is 13.0. The third-order valence-electron chi connectivity index (χ3n) is 4.58. The predicted octanol–water partition coefficient (Wildman–Crippen LogP) is 3.18. The van der Waals surface area contributed by atoms with E-state index in [2.05, 4.69) is 10.0 Å². The van der Waals surface area contributed by atoms with E-state index in [-0.39, 0.29) is 27.1 Å². The van der Waals surface area contributed by atoms with E-state index in [1.165, 1.54) is 50.7 Å². The average Bonchev–Trinajstić information content (AvgIpc) is 3.03. The van der Waals surface area contributed by atoms with Crippen LogP contribution in [-0.4, -0.2) is 34.5 Å². The highest BCUT2D eigenvalue weighted by Crippen LogP contribution is 2.40. The molecule has 0 saturated heterocycles. The van der Waals surface area contributed by atoms with Crippen molar-refractivity contribution in [1.82, 2.24) is 0 Å². The molecular weight excluding hydrogens is 416 g/mol. The first-order chi connectivity index (χ1) is 13.8. The zero-order valence-corrected chi connectivity index (χ0v) is 18.0. The first kappa shape index (κ1) is 21.1. The number of esters is 1. The highest BCUT2D eigenvalue weighted by Gasteiger charge is 2.29. The molecule has 0 atom stereocenters. The van der Waals surface area contributed by atoms with E-state index in [4.69, 9.17) is 9.47 Å². The van der Waals surface area contributed by atoms with Gasteiger partial charge in [-0.3, -0.25) is 9.52 Å². The minimum Gasteiger partial charge on any atom is -0.495 e. The van der Waals surface area contributed by atoms with Crippen LogP contribution in [0.5, 0.6) is 5.75 Å². The molecule has 0 radical (unpaired) electrons.